The molecule has 2 aromatic carbocycles. The molecule has 0 radical (unpaired) electrons. The SMILES string of the molecule is N=C(CN1CC(=O)NC(COCc2cc(C(F)(F)F)cc(C(F)(F)F)c2)C1c1ccccc1)NNC(=O)O. The second-order valence-corrected chi connectivity index (χ2v) is 8.40. The first kappa shape index (κ1) is 28.7. The van der Waals surface area contributed by atoms with Crippen LogP contribution in [0.2, 0.25) is 0 Å². The molecule has 38 heavy (non-hydrogen) atoms. The number of hydrogen-bond acceptors (Lipinski definition) is 5. The normalized spacial score (nSPS) is 18.5. The number of nitrogens with zero attached hydrogens (tertiary/aromatic N) is 1. The minimum absolute atomic E-state index is 0.0242. The van der Waals surface area contributed by atoms with Crippen LogP contribution in [0.25, 0.3) is 0 Å². The minimum Gasteiger partial charge on any atom is -0.464 e. The van der Waals surface area contributed by atoms with Gasteiger partial charge in [-0.05, 0) is 29.3 Å². The molecule has 1 aliphatic heterocycles. The van der Waals surface area contributed by atoms with Crippen LogP contribution in [0.4, 0.5) is 31.1 Å². The molecule has 1 aliphatic rings. The zero-order valence-electron chi connectivity index (χ0n) is 19.5. The predicted molar refractivity (Wildman–Crippen MR) is 121 cm³/mol. The Balaban J connectivity index is 1.80. The standard InChI is InChI=1S/C23H23F6N5O4/c24-22(25,26)15-6-13(7-16(8-15)23(27,28)29)11-38-12-17-20(14-4-2-1-3-5-14)34(10-19(35)31-17)9-18(30)32-33-21(36)37/h1-8,17,20,33H,9-12H2,(H2,30,32)(H,31,35)(H,36,37). The van der Waals surface area contributed by atoms with Crippen molar-refractivity contribution in [2.45, 2.75) is 31.0 Å². The van der Waals surface area contributed by atoms with E-state index >= 15 is 0 Å². The molecule has 2 amide bonds. The van der Waals surface area contributed by atoms with Gasteiger partial charge in [0.1, 0.15) is 5.84 Å². The van der Waals surface area contributed by atoms with Crippen molar-refractivity contribution in [1.82, 2.24) is 21.1 Å². The fraction of sp³-hybridized carbons (Fsp3) is 0.348. The number of alkyl halides is 6. The predicted octanol–water partition coefficient (Wildman–Crippen LogP) is 3.53. The van der Waals surface area contributed by atoms with Gasteiger partial charge in [-0.3, -0.25) is 20.5 Å². The summed E-state index contributed by atoms with van der Waals surface area (Å²) >= 11 is 0. The van der Waals surface area contributed by atoms with Crippen LogP contribution in [0.3, 0.4) is 0 Å². The van der Waals surface area contributed by atoms with E-state index < -0.39 is 54.2 Å². The van der Waals surface area contributed by atoms with Crippen molar-refractivity contribution in [3.05, 3.63) is 70.8 Å². The van der Waals surface area contributed by atoms with Gasteiger partial charge in [-0.2, -0.15) is 26.3 Å². The van der Waals surface area contributed by atoms with Gasteiger partial charge in [-0.1, -0.05) is 30.3 Å². The monoisotopic (exact) mass is 547 g/mol. The van der Waals surface area contributed by atoms with E-state index in [-0.39, 0.29) is 37.2 Å². The van der Waals surface area contributed by atoms with E-state index in [1.54, 1.807) is 35.2 Å². The zero-order valence-corrected chi connectivity index (χ0v) is 19.5. The maximum absolute atomic E-state index is 13.2. The summed E-state index contributed by atoms with van der Waals surface area (Å²) in [7, 11) is 0. The molecule has 0 aromatic heterocycles. The fourth-order valence-electron chi connectivity index (χ4n) is 4.03. The Morgan fingerprint density at radius 2 is 1.66 bits per heavy atom. The maximum Gasteiger partial charge on any atom is 0.423 e. The molecule has 0 spiro atoms. The average Bonchev–Trinajstić information content (AvgIpc) is 2.82. The van der Waals surface area contributed by atoms with Crippen LogP contribution in [0.5, 0.6) is 0 Å². The molecular weight excluding hydrogens is 524 g/mol. The van der Waals surface area contributed by atoms with Crippen LogP contribution in [0.15, 0.2) is 48.5 Å². The minimum atomic E-state index is -5.00. The van der Waals surface area contributed by atoms with Crippen LogP contribution in [0.1, 0.15) is 28.3 Å². The number of amides is 2. The topological polar surface area (TPSA) is 127 Å². The molecule has 3 rings (SSSR count). The molecule has 9 nitrogen and oxygen atoms in total. The summed E-state index contributed by atoms with van der Waals surface area (Å²) in [5, 5.41) is 19.4. The van der Waals surface area contributed by atoms with Gasteiger partial charge in [0.25, 0.3) is 0 Å². The van der Waals surface area contributed by atoms with E-state index in [1.165, 1.54) is 0 Å². The third-order valence-electron chi connectivity index (χ3n) is 5.50. The summed E-state index contributed by atoms with van der Waals surface area (Å²) in [5.41, 5.74) is 1.39. The number of benzene rings is 2. The third-order valence-corrected chi connectivity index (χ3v) is 5.50. The Kier molecular flexibility index (Phi) is 8.83. The first-order valence-corrected chi connectivity index (χ1v) is 11.0. The molecule has 1 fully saturated rings. The largest absolute Gasteiger partial charge is 0.464 e. The average molecular weight is 547 g/mol. The molecule has 2 aromatic rings. The van der Waals surface area contributed by atoms with Crippen molar-refractivity contribution in [3.8, 4) is 0 Å². The van der Waals surface area contributed by atoms with Crippen molar-refractivity contribution in [1.29, 1.82) is 5.41 Å². The van der Waals surface area contributed by atoms with Gasteiger partial charge < -0.3 is 15.2 Å². The second kappa shape index (κ2) is 11.7. The van der Waals surface area contributed by atoms with Crippen molar-refractivity contribution in [2.75, 3.05) is 19.7 Å². The lowest BCUT2D eigenvalue weighted by molar-refractivity contribution is -0.143. The molecule has 1 heterocycles. The van der Waals surface area contributed by atoms with Gasteiger partial charge in [-0.25, -0.2) is 10.2 Å². The number of rotatable bonds is 7. The summed E-state index contributed by atoms with van der Waals surface area (Å²) in [6, 6.07) is 8.39. The zero-order chi connectivity index (χ0) is 28.1. The Morgan fingerprint density at radius 3 is 2.21 bits per heavy atom. The number of carbonyl (C=O) groups excluding carboxylic acids is 1. The highest BCUT2D eigenvalue weighted by Gasteiger charge is 2.38. The molecule has 0 aliphatic carbocycles. The number of carboxylic acid groups (broad SMARTS) is 1. The number of nitrogens with one attached hydrogen (secondary N) is 4. The summed E-state index contributed by atoms with van der Waals surface area (Å²) < 4.78 is 84.4. The number of halogens is 6. The lowest BCUT2D eigenvalue weighted by atomic mass is 9.95. The van der Waals surface area contributed by atoms with Crippen molar-refractivity contribution >= 4 is 17.8 Å². The van der Waals surface area contributed by atoms with Crippen molar-refractivity contribution < 1.29 is 45.8 Å². The van der Waals surface area contributed by atoms with Crippen LogP contribution in [0, 0.1) is 5.41 Å². The molecule has 2 atom stereocenters. The van der Waals surface area contributed by atoms with E-state index in [0.717, 1.165) is 0 Å². The van der Waals surface area contributed by atoms with Crippen LogP contribution in [-0.4, -0.2) is 53.6 Å². The van der Waals surface area contributed by atoms with E-state index in [1.807, 2.05) is 5.43 Å². The third kappa shape index (κ3) is 7.82. The van der Waals surface area contributed by atoms with Gasteiger partial charge in [0.15, 0.2) is 0 Å². The molecule has 2 unspecified atom stereocenters. The Labute approximate surface area is 212 Å². The highest BCUT2D eigenvalue weighted by atomic mass is 19.4. The smallest absolute Gasteiger partial charge is 0.423 e. The van der Waals surface area contributed by atoms with Gasteiger partial charge in [-0.15, -0.1) is 0 Å². The fourth-order valence-corrected chi connectivity index (χ4v) is 4.03. The Hall–Kier alpha value is -3.85. The van der Waals surface area contributed by atoms with E-state index in [9.17, 15) is 35.9 Å². The summed E-state index contributed by atoms with van der Waals surface area (Å²) in [6.07, 6.45) is -11.4. The molecule has 0 saturated carbocycles. The lowest BCUT2D eigenvalue weighted by Gasteiger charge is -2.41. The molecule has 1 saturated heterocycles. The number of ether oxygens (including phenoxy) is 1. The van der Waals surface area contributed by atoms with Gasteiger partial charge >= 0.3 is 18.4 Å². The number of hydrazine groups is 1. The van der Waals surface area contributed by atoms with Gasteiger partial charge in [0, 0.05) is 0 Å². The molecule has 0 bridgehead atoms. The van der Waals surface area contributed by atoms with Crippen molar-refractivity contribution in [3.63, 3.8) is 0 Å². The van der Waals surface area contributed by atoms with Crippen LogP contribution < -0.4 is 16.2 Å². The Morgan fingerprint density at radius 1 is 1.05 bits per heavy atom. The number of carbonyl (C=O) groups is 2. The van der Waals surface area contributed by atoms with Gasteiger partial charge in [0.2, 0.25) is 5.91 Å². The molecule has 206 valence electrons. The van der Waals surface area contributed by atoms with E-state index in [0.29, 0.717) is 17.7 Å². The Bertz CT molecular complexity index is 1130. The second-order valence-electron chi connectivity index (χ2n) is 8.40. The number of hydrogen-bond donors (Lipinski definition) is 5. The van der Waals surface area contributed by atoms with E-state index in [2.05, 4.69) is 10.7 Å². The molecular formula is C23H23F6N5O4. The maximum atomic E-state index is 13.2. The van der Waals surface area contributed by atoms with Gasteiger partial charge in [0.05, 0.1) is 49.5 Å². The quantitative estimate of drug-likeness (QED) is 0.156. The van der Waals surface area contributed by atoms with E-state index in [4.69, 9.17) is 15.3 Å². The highest BCUT2D eigenvalue weighted by molar-refractivity contribution is 5.84. The van der Waals surface area contributed by atoms with Crippen molar-refractivity contribution in [2.24, 2.45) is 0 Å². The lowest BCUT2D eigenvalue weighted by Crippen LogP contribution is -2.59. The first-order chi connectivity index (χ1) is 17.7. The molecule has 5 N–H and O–H groups in total. The number of amidine groups is 1. The number of piperazine rings is 1. The summed E-state index contributed by atoms with van der Waals surface area (Å²) in [6.45, 7) is -1.24. The summed E-state index contributed by atoms with van der Waals surface area (Å²) in [4.78, 5) is 24.6. The van der Waals surface area contributed by atoms with Crippen LogP contribution >= 0.6 is 0 Å². The first-order valence-electron chi connectivity index (χ1n) is 11.0. The highest BCUT2D eigenvalue weighted by Crippen LogP contribution is 2.36. The van der Waals surface area contributed by atoms with Crippen LogP contribution in [-0.2, 0) is 28.5 Å². The summed E-state index contributed by atoms with van der Waals surface area (Å²) in [5.74, 6) is -0.741. The molecule has 15 heteroatoms.